The summed E-state index contributed by atoms with van der Waals surface area (Å²) in [4.78, 5) is 15.3. The summed E-state index contributed by atoms with van der Waals surface area (Å²) < 4.78 is 7.59. The third-order valence-corrected chi connectivity index (χ3v) is 7.45. The summed E-state index contributed by atoms with van der Waals surface area (Å²) >= 11 is 0. The van der Waals surface area contributed by atoms with E-state index in [0.717, 1.165) is 47.4 Å². The van der Waals surface area contributed by atoms with Crippen LogP contribution in [-0.2, 0) is 9.53 Å². The van der Waals surface area contributed by atoms with E-state index in [1.54, 1.807) is 0 Å². The summed E-state index contributed by atoms with van der Waals surface area (Å²) in [6.45, 7) is 8.57. The Morgan fingerprint density at radius 3 is 2.05 bits per heavy atom. The SMILES string of the molecule is CC(C)C[C@H](O[C@H](c1ccccc1)c1ccc(-c2ccc(N3CC[N+](C)(C)CC3)cc2)cc1)C(=O)NCC#N. The van der Waals surface area contributed by atoms with E-state index in [1.165, 1.54) is 11.3 Å². The number of piperazine rings is 1. The summed E-state index contributed by atoms with van der Waals surface area (Å²) in [6, 6.07) is 29.2. The first-order valence-electron chi connectivity index (χ1n) is 13.9. The zero-order valence-corrected chi connectivity index (χ0v) is 23.6. The Bertz CT molecular complexity index is 1240. The number of nitrogens with zero attached hydrogens (tertiary/aromatic N) is 3. The lowest BCUT2D eigenvalue weighted by Gasteiger charge is -2.40. The Balaban J connectivity index is 1.53. The van der Waals surface area contributed by atoms with Crippen LogP contribution in [0.5, 0.6) is 0 Å². The summed E-state index contributed by atoms with van der Waals surface area (Å²) in [5.74, 6) is 0.0132. The average Bonchev–Trinajstić information content (AvgIpc) is 2.94. The van der Waals surface area contributed by atoms with Crippen LogP contribution in [-0.4, -0.2) is 63.3 Å². The van der Waals surface area contributed by atoms with Gasteiger partial charge in [-0.25, -0.2) is 0 Å². The molecule has 1 aliphatic rings. The second-order valence-electron chi connectivity index (χ2n) is 11.5. The number of carbonyl (C=O) groups is 1. The van der Waals surface area contributed by atoms with Crippen molar-refractivity contribution in [3.8, 4) is 17.2 Å². The molecule has 0 saturated carbocycles. The molecule has 1 fully saturated rings. The van der Waals surface area contributed by atoms with Crippen molar-refractivity contribution in [2.45, 2.75) is 32.5 Å². The number of nitriles is 1. The van der Waals surface area contributed by atoms with Gasteiger partial charge in [-0.15, -0.1) is 0 Å². The second-order valence-corrected chi connectivity index (χ2v) is 11.5. The van der Waals surface area contributed by atoms with Crippen LogP contribution < -0.4 is 10.2 Å². The van der Waals surface area contributed by atoms with E-state index >= 15 is 0 Å². The minimum absolute atomic E-state index is 0.0325. The number of rotatable bonds is 10. The van der Waals surface area contributed by atoms with Gasteiger partial charge in [0.2, 0.25) is 5.91 Å². The molecule has 204 valence electrons. The molecule has 0 aliphatic carbocycles. The zero-order valence-electron chi connectivity index (χ0n) is 23.6. The lowest BCUT2D eigenvalue weighted by molar-refractivity contribution is -0.890. The molecule has 0 aromatic heterocycles. The molecule has 39 heavy (non-hydrogen) atoms. The number of carbonyl (C=O) groups excluding carboxylic acids is 1. The van der Waals surface area contributed by atoms with E-state index < -0.39 is 12.2 Å². The van der Waals surface area contributed by atoms with Crippen LogP contribution in [0, 0.1) is 17.2 Å². The van der Waals surface area contributed by atoms with Crippen molar-refractivity contribution in [2.24, 2.45) is 5.92 Å². The standard InChI is InChI=1S/C33H40N4O2/c1-25(2)24-31(33(38)35-19-18-34)39-32(28-8-6-5-7-9-28)29-12-10-26(11-13-29)27-14-16-30(17-15-27)36-20-22-37(3,4)23-21-36/h5-17,25,31-32H,19-24H2,1-4H3/p+1/t31-,32+/m0/s1. The molecule has 0 bridgehead atoms. The van der Waals surface area contributed by atoms with Crippen LogP contribution in [0.3, 0.4) is 0 Å². The maximum absolute atomic E-state index is 12.9. The Morgan fingerprint density at radius 2 is 1.49 bits per heavy atom. The maximum Gasteiger partial charge on any atom is 0.250 e. The molecule has 0 radical (unpaired) electrons. The summed E-state index contributed by atoms with van der Waals surface area (Å²) in [5.41, 5.74) is 5.55. The number of quaternary nitrogens is 1. The fourth-order valence-electron chi connectivity index (χ4n) is 5.01. The fourth-order valence-corrected chi connectivity index (χ4v) is 5.01. The number of hydrogen-bond acceptors (Lipinski definition) is 4. The summed E-state index contributed by atoms with van der Waals surface area (Å²) in [7, 11) is 4.59. The quantitative estimate of drug-likeness (QED) is 0.284. The topological polar surface area (TPSA) is 65.4 Å². The summed E-state index contributed by atoms with van der Waals surface area (Å²) in [5, 5.41) is 11.6. The lowest BCUT2D eigenvalue weighted by atomic mass is 9.97. The molecule has 0 unspecified atom stereocenters. The molecule has 6 heteroatoms. The number of benzene rings is 3. The predicted molar refractivity (Wildman–Crippen MR) is 157 cm³/mol. The van der Waals surface area contributed by atoms with Gasteiger partial charge in [-0.3, -0.25) is 4.79 Å². The molecule has 1 heterocycles. The number of hydrogen-bond donors (Lipinski definition) is 1. The number of anilines is 1. The van der Waals surface area contributed by atoms with Crippen LogP contribution in [0.25, 0.3) is 11.1 Å². The minimum Gasteiger partial charge on any atom is -0.360 e. The predicted octanol–water partition coefficient (Wildman–Crippen LogP) is 5.41. The number of nitrogens with one attached hydrogen (secondary N) is 1. The molecule has 3 aromatic carbocycles. The number of likely N-dealkylation sites (N-methyl/N-ethyl adjacent to an activating group) is 1. The number of amides is 1. The van der Waals surface area contributed by atoms with E-state index in [4.69, 9.17) is 10.00 Å². The molecule has 1 aliphatic heterocycles. The van der Waals surface area contributed by atoms with Gasteiger partial charge < -0.3 is 19.4 Å². The molecule has 2 atom stereocenters. The Hall–Kier alpha value is -3.66. The highest BCUT2D eigenvalue weighted by atomic mass is 16.5. The van der Waals surface area contributed by atoms with Crippen LogP contribution >= 0.6 is 0 Å². The van der Waals surface area contributed by atoms with E-state index in [0.29, 0.717) is 6.42 Å². The monoisotopic (exact) mass is 525 g/mol. The van der Waals surface area contributed by atoms with Crippen LogP contribution in [0.2, 0.25) is 0 Å². The van der Waals surface area contributed by atoms with Crippen molar-refractivity contribution < 1.29 is 14.0 Å². The minimum atomic E-state index is -0.657. The van der Waals surface area contributed by atoms with Crippen LogP contribution in [0.15, 0.2) is 78.9 Å². The zero-order chi connectivity index (χ0) is 27.8. The van der Waals surface area contributed by atoms with Gasteiger partial charge in [0.15, 0.2) is 0 Å². The van der Waals surface area contributed by atoms with E-state index in [-0.39, 0.29) is 18.4 Å². The van der Waals surface area contributed by atoms with Crippen molar-refractivity contribution in [2.75, 3.05) is 51.7 Å². The molecule has 0 spiro atoms. The largest absolute Gasteiger partial charge is 0.360 e. The molecule has 1 saturated heterocycles. The molecular weight excluding hydrogens is 484 g/mol. The average molecular weight is 526 g/mol. The van der Waals surface area contributed by atoms with Gasteiger partial charge in [0.05, 0.1) is 46.3 Å². The lowest BCUT2D eigenvalue weighted by Crippen LogP contribution is -2.54. The smallest absolute Gasteiger partial charge is 0.250 e. The number of ether oxygens (including phenoxy) is 1. The molecule has 4 rings (SSSR count). The Kier molecular flexibility index (Phi) is 9.40. The van der Waals surface area contributed by atoms with Crippen molar-refractivity contribution in [3.05, 3.63) is 90.0 Å². The van der Waals surface area contributed by atoms with Gasteiger partial charge in [0.1, 0.15) is 18.8 Å². The van der Waals surface area contributed by atoms with Gasteiger partial charge in [0.25, 0.3) is 0 Å². The molecule has 1 N–H and O–H groups in total. The third-order valence-electron chi connectivity index (χ3n) is 7.45. The first-order chi connectivity index (χ1) is 18.8. The van der Waals surface area contributed by atoms with Gasteiger partial charge >= 0.3 is 0 Å². The molecule has 6 nitrogen and oxygen atoms in total. The summed E-state index contributed by atoms with van der Waals surface area (Å²) in [6.07, 6.45) is -0.491. The third kappa shape index (κ3) is 7.69. The van der Waals surface area contributed by atoms with Gasteiger partial charge in [-0.1, -0.05) is 80.6 Å². The van der Waals surface area contributed by atoms with Crippen LogP contribution in [0.1, 0.15) is 37.5 Å². The molecular formula is C33H41N4O2+. The van der Waals surface area contributed by atoms with Crippen molar-refractivity contribution >= 4 is 11.6 Å². The van der Waals surface area contributed by atoms with Crippen molar-refractivity contribution in [1.82, 2.24) is 5.32 Å². The van der Waals surface area contributed by atoms with Gasteiger partial charge in [0, 0.05) is 5.69 Å². The van der Waals surface area contributed by atoms with E-state index in [9.17, 15) is 4.79 Å². The van der Waals surface area contributed by atoms with Crippen molar-refractivity contribution in [3.63, 3.8) is 0 Å². The van der Waals surface area contributed by atoms with Crippen LogP contribution in [0.4, 0.5) is 5.69 Å². The Morgan fingerprint density at radius 1 is 0.923 bits per heavy atom. The van der Waals surface area contributed by atoms with Gasteiger partial charge in [-0.05, 0) is 46.7 Å². The molecule has 3 aromatic rings. The highest BCUT2D eigenvalue weighted by molar-refractivity contribution is 5.81. The maximum atomic E-state index is 12.9. The van der Waals surface area contributed by atoms with Crippen molar-refractivity contribution in [1.29, 1.82) is 5.26 Å². The van der Waals surface area contributed by atoms with Gasteiger partial charge in [-0.2, -0.15) is 5.26 Å². The Labute approximate surface area is 233 Å². The van der Waals surface area contributed by atoms with E-state index in [2.05, 4.69) is 86.7 Å². The first kappa shape index (κ1) is 28.4. The van der Waals surface area contributed by atoms with E-state index in [1.807, 2.05) is 36.4 Å². The normalized spacial score (nSPS) is 16.4. The highest BCUT2D eigenvalue weighted by Crippen LogP contribution is 2.31. The first-order valence-corrected chi connectivity index (χ1v) is 13.9. The fraction of sp³-hybridized carbons (Fsp3) is 0.394. The molecule has 1 amide bonds. The second kappa shape index (κ2) is 12.9. The highest BCUT2D eigenvalue weighted by Gasteiger charge is 2.27.